The van der Waals surface area contributed by atoms with Crippen molar-refractivity contribution in [2.75, 3.05) is 33.3 Å². The molecule has 0 aromatic heterocycles. The maximum atomic E-state index is 12.6. The van der Waals surface area contributed by atoms with Gasteiger partial charge in [0.05, 0.1) is 12.5 Å². The van der Waals surface area contributed by atoms with Crippen LogP contribution in [0.3, 0.4) is 0 Å². The van der Waals surface area contributed by atoms with Gasteiger partial charge in [-0.2, -0.15) is 0 Å². The lowest BCUT2D eigenvalue weighted by atomic mass is 9.92. The molecule has 0 radical (unpaired) electrons. The molecule has 0 aliphatic carbocycles. The number of rotatable bonds is 32. The predicted molar refractivity (Wildman–Crippen MR) is 194 cm³/mol. The maximum absolute atomic E-state index is 12.6. The van der Waals surface area contributed by atoms with E-state index < -0.39 is 0 Å². The molecule has 1 fully saturated rings. The molecule has 1 N–H and O–H groups in total. The Balaban J connectivity index is 2.19. The van der Waals surface area contributed by atoms with Gasteiger partial charge in [0.25, 0.3) is 0 Å². The van der Waals surface area contributed by atoms with E-state index in [4.69, 9.17) is 4.74 Å². The summed E-state index contributed by atoms with van der Waals surface area (Å²) in [5.74, 6) is 1.64. The zero-order valence-corrected chi connectivity index (χ0v) is 30.8. The van der Waals surface area contributed by atoms with Crippen LogP contribution in [0.1, 0.15) is 194 Å². The molecule has 45 heavy (non-hydrogen) atoms. The first-order valence-electron chi connectivity index (χ1n) is 20.1. The molecule has 0 saturated carbocycles. The third-order valence-corrected chi connectivity index (χ3v) is 10.2. The number of hydrogen-bond donors (Lipinski definition) is 1. The van der Waals surface area contributed by atoms with Crippen LogP contribution >= 0.6 is 0 Å². The monoisotopic (exact) mass is 635 g/mol. The number of carbonyl (C=O) groups excluding carboxylic acids is 2. The molecule has 1 aliphatic rings. The van der Waals surface area contributed by atoms with E-state index in [0.717, 1.165) is 51.2 Å². The average molecular weight is 635 g/mol. The van der Waals surface area contributed by atoms with E-state index in [-0.39, 0.29) is 17.8 Å². The van der Waals surface area contributed by atoms with E-state index in [0.29, 0.717) is 18.9 Å². The Hall–Kier alpha value is -1.10. The van der Waals surface area contributed by atoms with Crippen LogP contribution < -0.4 is 5.32 Å². The molecule has 2 atom stereocenters. The summed E-state index contributed by atoms with van der Waals surface area (Å²) < 4.78 is 5.87. The summed E-state index contributed by atoms with van der Waals surface area (Å²) in [6.45, 7) is 10.2. The minimum atomic E-state index is 0.0306. The fraction of sp³-hybridized carbons (Fsp3) is 0.950. The third-order valence-electron chi connectivity index (χ3n) is 10.2. The molecule has 0 aromatic carbocycles. The Morgan fingerprint density at radius 1 is 0.644 bits per heavy atom. The fourth-order valence-corrected chi connectivity index (χ4v) is 7.05. The van der Waals surface area contributed by atoms with Crippen LogP contribution in [0.15, 0.2) is 0 Å². The molecular formula is C40H78N2O3. The SMILES string of the molecule is CCCCCCCCCCC(CCCCCCCCC(=O)NCCC(CCCCC)CCCCC)COC(=O)[C@H]1CCN(C)C1. The first-order chi connectivity index (χ1) is 22.0. The summed E-state index contributed by atoms with van der Waals surface area (Å²) in [4.78, 5) is 27.3. The van der Waals surface area contributed by atoms with Crippen molar-refractivity contribution in [3.8, 4) is 0 Å². The summed E-state index contributed by atoms with van der Waals surface area (Å²) in [5.41, 5.74) is 0. The molecule has 1 heterocycles. The number of carbonyl (C=O) groups is 2. The van der Waals surface area contributed by atoms with Gasteiger partial charge in [-0.3, -0.25) is 9.59 Å². The van der Waals surface area contributed by atoms with Crippen LogP contribution in [0, 0.1) is 17.8 Å². The Bertz CT molecular complexity index is 674. The van der Waals surface area contributed by atoms with Crippen molar-refractivity contribution in [1.82, 2.24) is 10.2 Å². The van der Waals surface area contributed by atoms with Gasteiger partial charge in [-0.1, -0.05) is 156 Å². The van der Waals surface area contributed by atoms with Crippen LogP contribution in [0.4, 0.5) is 0 Å². The molecule has 0 aromatic rings. The lowest BCUT2D eigenvalue weighted by Gasteiger charge is -2.19. The van der Waals surface area contributed by atoms with Gasteiger partial charge < -0.3 is 15.0 Å². The van der Waals surface area contributed by atoms with Gasteiger partial charge in [0.15, 0.2) is 0 Å². The second-order valence-corrected chi connectivity index (χ2v) is 14.7. The van der Waals surface area contributed by atoms with Gasteiger partial charge in [0.1, 0.15) is 0 Å². The second kappa shape index (κ2) is 30.2. The van der Waals surface area contributed by atoms with Crippen molar-refractivity contribution >= 4 is 11.9 Å². The molecule has 0 spiro atoms. The Morgan fingerprint density at radius 3 is 1.64 bits per heavy atom. The number of amides is 1. The highest BCUT2D eigenvalue weighted by Crippen LogP contribution is 2.23. The lowest BCUT2D eigenvalue weighted by Crippen LogP contribution is -2.25. The van der Waals surface area contributed by atoms with Gasteiger partial charge in [0, 0.05) is 19.5 Å². The first kappa shape index (κ1) is 41.9. The molecule has 5 heteroatoms. The van der Waals surface area contributed by atoms with E-state index in [1.165, 1.54) is 141 Å². The molecule has 1 rings (SSSR count). The summed E-state index contributed by atoms with van der Waals surface area (Å²) in [6.07, 6.45) is 33.6. The molecule has 1 saturated heterocycles. The minimum absolute atomic E-state index is 0.0306. The van der Waals surface area contributed by atoms with Gasteiger partial charge in [-0.15, -0.1) is 0 Å². The van der Waals surface area contributed by atoms with Gasteiger partial charge in [0.2, 0.25) is 5.91 Å². The highest BCUT2D eigenvalue weighted by molar-refractivity contribution is 5.75. The number of nitrogens with one attached hydrogen (secondary N) is 1. The van der Waals surface area contributed by atoms with Crippen LogP contribution in [0.2, 0.25) is 0 Å². The summed E-state index contributed by atoms with van der Waals surface area (Å²) in [7, 11) is 2.09. The number of unbranched alkanes of at least 4 members (excludes halogenated alkanes) is 16. The summed E-state index contributed by atoms with van der Waals surface area (Å²) in [6, 6.07) is 0. The molecule has 266 valence electrons. The van der Waals surface area contributed by atoms with Crippen molar-refractivity contribution in [3.05, 3.63) is 0 Å². The largest absolute Gasteiger partial charge is 0.465 e. The number of likely N-dealkylation sites (tertiary alicyclic amines) is 1. The van der Waals surface area contributed by atoms with Crippen LogP contribution in [0.5, 0.6) is 0 Å². The smallest absolute Gasteiger partial charge is 0.310 e. The highest BCUT2D eigenvalue weighted by Gasteiger charge is 2.28. The lowest BCUT2D eigenvalue weighted by molar-refractivity contribution is -0.149. The van der Waals surface area contributed by atoms with Crippen molar-refractivity contribution in [1.29, 1.82) is 0 Å². The topological polar surface area (TPSA) is 58.6 Å². The van der Waals surface area contributed by atoms with Crippen LogP contribution in [-0.2, 0) is 14.3 Å². The van der Waals surface area contributed by atoms with Crippen LogP contribution in [0.25, 0.3) is 0 Å². The van der Waals surface area contributed by atoms with Crippen molar-refractivity contribution < 1.29 is 14.3 Å². The molecule has 1 amide bonds. The van der Waals surface area contributed by atoms with E-state index in [9.17, 15) is 9.59 Å². The number of nitrogens with zero attached hydrogens (tertiary/aromatic N) is 1. The third kappa shape index (κ3) is 24.7. The predicted octanol–water partition coefficient (Wildman–Crippen LogP) is 11.0. The van der Waals surface area contributed by atoms with Crippen molar-refractivity contribution in [3.63, 3.8) is 0 Å². The second-order valence-electron chi connectivity index (χ2n) is 14.7. The van der Waals surface area contributed by atoms with Crippen LogP contribution in [-0.4, -0.2) is 50.1 Å². The Kier molecular flexibility index (Phi) is 28.2. The highest BCUT2D eigenvalue weighted by atomic mass is 16.5. The van der Waals surface area contributed by atoms with Gasteiger partial charge >= 0.3 is 5.97 Å². The number of esters is 1. The molecule has 5 nitrogen and oxygen atoms in total. The van der Waals surface area contributed by atoms with Gasteiger partial charge in [-0.25, -0.2) is 0 Å². The minimum Gasteiger partial charge on any atom is -0.465 e. The van der Waals surface area contributed by atoms with E-state index in [1.54, 1.807) is 0 Å². The van der Waals surface area contributed by atoms with E-state index in [2.05, 4.69) is 38.0 Å². The number of ether oxygens (including phenoxy) is 1. The quantitative estimate of drug-likeness (QED) is 0.0591. The zero-order chi connectivity index (χ0) is 32.8. The molecular weight excluding hydrogens is 556 g/mol. The number of hydrogen-bond acceptors (Lipinski definition) is 4. The molecule has 0 bridgehead atoms. The fourth-order valence-electron chi connectivity index (χ4n) is 7.05. The summed E-state index contributed by atoms with van der Waals surface area (Å²) >= 11 is 0. The maximum Gasteiger partial charge on any atom is 0.310 e. The first-order valence-corrected chi connectivity index (χ1v) is 20.1. The summed E-state index contributed by atoms with van der Waals surface area (Å²) in [5, 5.41) is 3.22. The van der Waals surface area contributed by atoms with Crippen molar-refractivity contribution in [2.24, 2.45) is 17.8 Å². The average Bonchev–Trinajstić information content (AvgIpc) is 3.48. The Labute approximate surface area is 281 Å². The van der Waals surface area contributed by atoms with Crippen molar-refractivity contribution in [2.45, 2.75) is 194 Å². The Morgan fingerprint density at radius 2 is 1.11 bits per heavy atom. The molecule has 1 aliphatic heterocycles. The van der Waals surface area contributed by atoms with E-state index in [1.807, 2.05) is 0 Å². The van der Waals surface area contributed by atoms with E-state index >= 15 is 0 Å². The normalized spacial score (nSPS) is 16.0. The van der Waals surface area contributed by atoms with Gasteiger partial charge in [-0.05, 0) is 57.5 Å². The zero-order valence-electron chi connectivity index (χ0n) is 30.8. The molecule has 1 unspecified atom stereocenters. The standard InChI is InChI=1S/C40H78N2O3/c1-5-8-11-12-13-14-17-22-27-37(35-45-40(44)38-31-33-42(4)34-38)28-23-18-15-16-19-24-29-39(43)41-32-30-36(25-20-9-6-2)26-21-10-7-3/h36-38H,5-35H2,1-4H3,(H,41,43)/t37?,38-/m0/s1.